The molecule has 5 aliphatic carbocycles. The summed E-state index contributed by atoms with van der Waals surface area (Å²) in [6, 6.07) is 4.63. The lowest BCUT2D eigenvalue weighted by molar-refractivity contribution is -0.419. The second-order valence-corrected chi connectivity index (χ2v) is 14.6. The van der Waals surface area contributed by atoms with E-state index in [2.05, 4.69) is 45.6 Å². The molecule has 0 aromatic heterocycles. The van der Waals surface area contributed by atoms with E-state index in [1.54, 1.807) is 0 Å². The number of piperidine rings is 1. The molecular formula is C31H43NO4. The highest BCUT2D eigenvalue weighted by atomic mass is 16.7. The summed E-state index contributed by atoms with van der Waals surface area (Å²) in [5.74, 6) is 2.25. The van der Waals surface area contributed by atoms with Crippen LogP contribution in [-0.4, -0.2) is 52.7 Å². The van der Waals surface area contributed by atoms with E-state index in [0.717, 1.165) is 50.3 Å². The van der Waals surface area contributed by atoms with Crippen LogP contribution in [0.1, 0.15) is 90.7 Å². The van der Waals surface area contributed by atoms with Gasteiger partial charge >= 0.3 is 0 Å². The van der Waals surface area contributed by atoms with Crippen molar-refractivity contribution in [1.29, 1.82) is 0 Å². The lowest BCUT2D eigenvalue weighted by atomic mass is 9.33. The maximum Gasteiger partial charge on any atom is 0.165 e. The Bertz CT molecular complexity index is 1140. The number of likely N-dealkylation sites (tertiary alicyclic amines) is 1. The topological polar surface area (TPSA) is 51.2 Å². The van der Waals surface area contributed by atoms with Gasteiger partial charge in [-0.05, 0) is 87.8 Å². The molecule has 5 heteroatoms. The quantitative estimate of drug-likeness (QED) is 0.598. The summed E-state index contributed by atoms with van der Waals surface area (Å²) in [6.07, 6.45) is 8.93. The van der Waals surface area contributed by atoms with Gasteiger partial charge in [-0.2, -0.15) is 0 Å². The summed E-state index contributed by atoms with van der Waals surface area (Å²) in [5, 5.41) is 11.1. The number of benzene rings is 1. The lowest BCUT2D eigenvalue weighted by Crippen LogP contribution is -2.85. The second-order valence-electron chi connectivity index (χ2n) is 14.6. The molecule has 3 aliphatic heterocycles. The van der Waals surface area contributed by atoms with Crippen LogP contribution < -0.4 is 4.74 Å². The molecule has 5 nitrogen and oxygen atoms in total. The van der Waals surface area contributed by atoms with Crippen molar-refractivity contribution in [2.24, 2.45) is 22.7 Å². The lowest BCUT2D eigenvalue weighted by Gasteiger charge is -2.77. The van der Waals surface area contributed by atoms with Gasteiger partial charge in [0.05, 0.1) is 5.60 Å². The van der Waals surface area contributed by atoms with Gasteiger partial charge in [-0.25, -0.2) is 0 Å². The van der Waals surface area contributed by atoms with E-state index < -0.39 is 0 Å². The Morgan fingerprint density at radius 1 is 1.11 bits per heavy atom. The Labute approximate surface area is 215 Å². The summed E-state index contributed by atoms with van der Waals surface area (Å²) < 4.78 is 21.2. The van der Waals surface area contributed by atoms with Crippen LogP contribution in [0.25, 0.3) is 0 Å². The maximum atomic E-state index is 11.1. The van der Waals surface area contributed by atoms with Crippen molar-refractivity contribution in [1.82, 2.24) is 4.90 Å². The van der Waals surface area contributed by atoms with Gasteiger partial charge in [-0.15, -0.1) is 0 Å². The summed E-state index contributed by atoms with van der Waals surface area (Å²) in [6.45, 7) is 14.0. The molecule has 8 aliphatic rings. The molecule has 36 heavy (non-hydrogen) atoms. The Hall–Kier alpha value is -1.30. The fourth-order valence-electron chi connectivity index (χ4n) is 10.4. The van der Waals surface area contributed by atoms with Gasteiger partial charge < -0.3 is 19.3 Å². The SMILES string of the molecule is CCC1O[C@]23CC[C@@]4(C[C@@H]2[C@@](C)(C(C)(C)C)O1)[C@H]1Cc2ccc(O)c5c2[C@@]4(CCN1CC1CC1)[C@H]3O5. The van der Waals surface area contributed by atoms with E-state index in [4.69, 9.17) is 14.2 Å². The minimum absolute atomic E-state index is 0.0284. The van der Waals surface area contributed by atoms with Crippen LogP contribution in [0.3, 0.4) is 0 Å². The van der Waals surface area contributed by atoms with Crippen molar-refractivity contribution in [2.75, 3.05) is 13.1 Å². The average molecular weight is 494 g/mol. The van der Waals surface area contributed by atoms with E-state index in [9.17, 15) is 5.11 Å². The standard InChI is InChI=1S/C31H43NO4/c1-6-23-35-28(5,27(2,3)4)21-16-29-11-12-31(21,36-23)26-30(29)13-14-32(17-18-7-8-18)22(29)15-19-9-10-20(33)25(34-26)24(19)30/h9-10,18,21-23,26,33H,6-8,11-17H2,1-5H3/t21-,22-,23?,26-,28+,29-,30+,31-/m1/s1. The van der Waals surface area contributed by atoms with Crippen LogP contribution >= 0.6 is 0 Å². The summed E-state index contributed by atoms with van der Waals surface area (Å²) in [5.41, 5.74) is 2.12. The van der Waals surface area contributed by atoms with E-state index in [1.807, 2.05) is 6.07 Å². The summed E-state index contributed by atoms with van der Waals surface area (Å²) in [4.78, 5) is 2.89. The van der Waals surface area contributed by atoms with Gasteiger partial charge in [0.25, 0.3) is 0 Å². The van der Waals surface area contributed by atoms with E-state index in [0.29, 0.717) is 11.8 Å². The van der Waals surface area contributed by atoms with Gasteiger partial charge in [-0.3, -0.25) is 4.90 Å². The zero-order valence-electron chi connectivity index (χ0n) is 22.7. The molecule has 1 N–H and O–H groups in total. The highest BCUT2D eigenvalue weighted by Gasteiger charge is 2.83. The molecule has 1 aromatic carbocycles. The third-order valence-electron chi connectivity index (χ3n) is 12.5. The van der Waals surface area contributed by atoms with Crippen LogP contribution in [0.15, 0.2) is 12.1 Å². The zero-order valence-corrected chi connectivity index (χ0v) is 22.7. The van der Waals surface area contributed by atoms with E-state index in [1.165, 1.54) is 36.9 Å². The van der Waals surface area contributed by atoms with Gasteiger partial charge in [0.15, 0.2) is 17.8 Å². The highest BCUT2D eigenvalue weighted by molar-refractivity contribution is 5.63. The normalized spacial score (nSPS) is 48.4. The monoisotopic (exact) mass is 493 g/mol. The number of aromatic hydroxyl groups is 1. The first-order valence-corrected chi connectivity index (χ1v) is 14.7. The maximum absolute atomic E-state index is 11.1. The third-order valence-corrected chi connectivity index (χ3v) is 12.5. The molecule has 4 saturated carbocycles. The fraction of sp³-hybridized carbons (Fsp3) is 0.806. The molecule has 3 spiro atoms. The van der Waals surface area contributed by atoms with Gasteiger partial charge in [-0.1, -0.05) is 33.8 Å². The molecule has 196 valence electrons. The van der Waals surface area contributed by atoms with Crippen LogP contribution in [0, 0.1) is 22.7 Å². The molecule has 2 saturated heterocycles. The molecule has 1 aromatic rings. The van der Waals surface area contributed by atoms with Crippen molar-refractivity contribution in [2.45, 2.75) is 121 Å². The van der Waals surface area contributed by atoms with Gasteiger partial charge in [0, 0.05) is 34.9 Å². The second kappa shape index (κ2) is 6.63. The number of fused-ring (bicyclic) bond motifs is 1. The third kappa shape index (κ3) is 2.33. The Morgan fingerprint density at radius 3 is 2.64 bits per heavy atom. The molecule has 8 atom stereocenters. The molecule has 0 amide bonds. The van der Waals surface area contributed by atoms with E-state index in [-0.39, 0.29) is 45.8 Å². The number of hydrogen-bond donors (Lipinski definition) is 1. The molecule has 0 radical (unpaired) electrons. The Balaban J connectivity index is 1.37. The number of rotatable bonds is 3. The van der Waals surface area contributed by atoms with Crippen LogP contribution in [0.4, 0.5) is 0 Å². The van der Waals surface area contributed by atoms with Crippen molar-refractivity contribution in [3.8, 4) is 11.5 Å². The first kappa shape index (κ1) is 22.7. The number of phenols is 1. The average Bonchev–Trinajstić information content (AvgIpc) is 3.58. The van der Waals surface area contributed by atoms with Crippen LogP contribution in [-0.2, 0) is 21.3 Å². The minimum atomic E-state index is -0.383. The van der Waals surface area contributed by atoms with Gasteiger partial charge in [0.1, 0.15) is 11.7 Å². The zero-order chi connectivity index (χ0) is 24.9. The number of nitrogens with zero attached hydrogens (tertiary/aromatic N) is 1. The molecular weight excluding hydrogens is 450 g/mol. The molecule has 1 unspecified atom stereocenters. The van der Waals surface area contributed by atoms with Crippen LogP contribution in [0.2, 0.25) is 0 Å². The van der Waals surface area contributed by atoms with E-state index >= 15 is 0 Å². The van der Waals surface area contributed by atoms with Gasteiger partial charge in [0.2, 0.25) is 0 Å². The number of ether oxygens (including phenoxy) is 3. The molecule has 4 bridgehead atoms. The van der Waals surface area contributed by atoms with Crippen molar-refractivity contribution in [3.05, 3.63) is 23.3 Å². The largest absolute Gasteiger partial charge is 0.504 e. The van der Waals surface area contributed by atoms with Crippen molar-refractivity contribution < 1.29 is 19.3 Å². The smallest absolute Gasteiger partial charge is 0.165 e. The molecule has 9 rings (SSSR count). The first-order chi connectivity index (χ1) is 17.1. The predicted molar refractivity (Wildman–Crippen MR) is 137 cm³/mol. The van der Waals surface area contributed by atoms with Crippen molar-refractivity contribution >= 4 is 0 Å². The Morgan fingerprint density at radius 2 is 1.92 bits per heavy atom. The van der Waals surface area contributed by atoms with Crippen LogP contribution in [0.5, 0.6) is 11.5 Å². The molecule has 3 heterocycles. The molecule has 6 fully saturated rings. The Kier molecular flexibility index (Phi) is 4.18. The fourth-order valence-corrected chi connectivity index (χ4v) is 10.4. The number of phenolic OH excluding ortho intramolecular Hbond substituents is 1. The summed E-state index contributed by atoms with van der Waals surface area (Å²) in [7, 11) is 0. The highest BCUT2D eigenvalue weighted by Crippen LogP contribution is 2.79. The minimum Gasteiger partial charge on any atom is -0.504 e. The summed E-state index contributed by atoms with van der Waals surface area (Å²) >= 11 is 0. The van der Waals surface area contributed by atoms with Crippen molar-refractivity contribution in [3.63, 3.8) is 0 Å². The first-order valence-electron chi connectivity index (χ1n) is 14.7. The number of hydrogen-bond acceptors (Lipinski definition) is 5. The predicted octanol–water partition coefficient (Wildman–Crippen LogP) is 5.56.